The summed E-state index contributed by atoms with van der Waals surface area (Å²) in [6, 6.07) is 12.0. The van der Waals surface area contributed by atoms with Crippen molar-refractivity contribution < 1.29 is 17.9 Å². The number of amides is 1. The van der Waals surface area contributed by atoms with Crippen molar-refractivity contribution in [2.24, 2.45) is 0 Å². The summed E-state index contributed by atoms with van der Waals surface area (Å²) >= 11 is 0. The molecule has 0 atom stereocenters. The van der Waals surface area contributed by atoms with Crippen molar-refractivity contribution in [3.8, 4) is 11.8 Å². The van der Waals surface area contributed by atoms with E-state index in [0.717, 1.165) is 24.8 Å². The molecule has 0 bridgehead atoms. The Hall–Kier alpha value is -2.85. The van der Waals surface area contributed by atoms with Crippen LogP contribution in [0.15, 0.2) is 41.3 Å². The smallest absolute Gasteiger partial charge is 0.225 e. The minimum absolute atomic E-state index is 0.179. The molecule has 1 aliphatic carbocycles. The average Bonchev–Trinajstić information content (AvgIpc) is 3.16. The van der Waals surface area contributed by atoms with Crippen LogP contribution in [0.1, 0.15) is 36.5 Å². The summed E-state index contributed by atoms with van der Waals surface area (Å²) in [5.41, 5.74) is 3.03. The lowest BCUT2D eigenvalue weighted by atomic mass is 10.1. The maximum atomic E-state index is 12.6. The topological polar surface area (TPSA) is 96.3 Å². The highest BCUT2D eigenvalue weighted by Gasteiger charge is 2.20. The van der Waals surface area contributed by atoms with Crippen molar-refractivity contribution in [2.75, 3.05) is 17.7 Å². The number of nitrogens with one attached hydrogen (secondary N) is 1. The average molecular weight is 398 g/mol. The Morgan fingerprint density at radius 1 is 1.18 bits per heavy atom. The van der Waals surface area contributed by atoms with E-state index in [-0.39, 0.29) is 17.1 Å². The third kappa shape index (κ3) is 4.52. The highest BCUT2D eigenvalue weighted by molar-refractivity contribution is 7.91. The highest BCUT2D eigenvalue weighted by Crippen LogP contribution is 2.27. The quantitative estimate of drug-likeness (QED) is 0.772. The number of carbonyl (C=O) groups is 1. The van der Waals surface area contributed by atoms with Gasteiger partial charge in [-0.25, -0.2) is 8.42 Å². The van der Waals surface area contributed by atoms with Gasteiger partial charge < -0.3 is 10.1 Å². The van der Waals surface area contributed by atoms with Gasteiger partial charge in [0.25, 0.3) is 0 Å². The Morgan fingerprint density at radius 2 is 1.96 bits per heavy atom. The molecule has 0 saturated heterocycles. The van der Waals surface area contributed by atoms with Crippen LogP contribution in [0.4, 0.5) is 5.69 Å². The lowest BCUT2D eigenvalue weighted by molar-refractivity contribution is -0.115. The molecule has 0 radical (unpaired) electrons. The molecule has 3 rings (SSSR count). The van der Waals surface area contributed by atoms with Gasteiger partial charge >= 0.3 is 0 Å². The number of carbonyl (C=O) groups excluding carboxylic acids is 1. The molecule has 2 aromatic rings. The van der Waals surface area contributed by atoms with Crippen LogP contribution in [0.3, 0.4) is 0 Å². The zero-order chi connectivity index (χ0) is 20.1. The number of sulfone groups is 1. The highest BCUT2D eigenvalue weighted by atomic mass is 32.2. The van der Waals surface area contributed by atoms with Crippen molar-refractivity contribution in [1.29, 1.82) is 5.26 Å². The van der Waals surface area contributed by atoms with E-state index >= 15 is 0 Å². The third-order valence-corrected chi connectivity index (χ3v) is 6.42. The first-order valence-corrected chi connectivity index (χ1v) is 10.9. The zero-order valence-electron chi connectivity index (χ0n) is 15.7. The Labute approximate surface area is 165 Å². The minimum atomic E-state index is -3.55. The van der Waals surface area contributed by atoms with Gasteiger partial charge in [0, 0.05) is 6.42 Å². The van der Waals surface area contributed by atoms with E-state index in [4.69, 9.17) is 10.00 Å². The lowest BCUT2D eigenvalue weighted by Crippen LogP contribution is -2.18. The number of aryl methyl sites for hydroxylation is 2. The first kappa shape index (κ1) is 19.9. The molecule has 0 unspecified atom stereocenters. The fraction of sp³-hybridized carbons (Fsp3) is 0.333. The predicted molar refractivity (Wildman–Crippen MR) is 106 cm³/mol. The van der Waals surface area contributed by atoms with Crippen molar-refractivity contribution in [2.45, 2.75) is 37.5 Å². The largest absolute Gasteiger partial charge is 0.492 e. The molecule has 1 aliphatic rings. The summed E-state index contributed by atoms with van der Waals surface area (Å²) < 4.78 is 30.7. The summed E-state index contributed by atoms with van der Waals surface area (Å²) in [6.07, 6.45) is 2.75. The molecule has 0 spiro atoms. The Balaban J connectivity index is 1.68. The fourth-order valence-corrected chi connectivity index (χ4v) is 4.56. The zero-order valence-corrected chi connectivity index (χ0v) is 16.5. The number of fused-ring (bicyclic) bond motifs is 1. The fourth-order valence-electron chi connectivity index (χ4n) is 3.28. The van der Waals surface area contributed by atoms with Gasteiger partial charge in [0.1, 0.15) is 5.75 Å². The molecule has 6 nitrogen and oxygen atoms in total. The number of benzene rings is 2. The normalized spacial score (nSPS) is 12.9. The molecule has 28 heavy (non-hydrogen) atoms. The maximum Gasteiger partial charge on any atom is 0.225 e. The molecule has 1 amide bonds. The SMILES string of the molecule is CCOc1ccc(C#N)cc1NC(=O)CCS(=O)(=O)c1ccc2c(c1)CCC2. The number of ether oxygens (including phenoxy) is 1. The second-order valence-corrected chi connectivity index (χ2v) is 8.77. The van der Waals surface area contributed by atoms with Crippen LogP contribution in [0.2, 0.25) is 0 Å². The standard InChI is InChI=1S/C21H22N2O4S/c1-2-27-20-9-6-15(14-22)12-19(20)23-21(24)10-11-28(25,26)18-8-7-16-4-3-5-17(16)13-18/h6-9,12-13H,2-5,10-11H2,1H3,(H,23,24). The van der Waals surface area contributed by atoms with Gasteiger partial charge in [-0.05, 0) is 67.6 Å². The van der Waals surface area contributed by atoms with Gasteiger partial charge in [-0.15, -0.1) is 0 Å². The first-order valence-electron chi connectivity index (χ1n) is 9.24. The Bertz CT molecular complexity index is 1040. The summed E-state index contributed by atoms with van der Waals surface area (Å²) in [5.74, 6) is -0.281. The van der Waals surface area contributed by atoms with Gasteiger partial charge in [0.2, 0.25) is 5.91 Å². The number of hydrogen-bond donors (Lipinski definition) is 1. The molecule has 1 N–H and O–H groups in total. The molecule has 2 aromatic carbocycles. The predicted octanol–water partition coefficient (Wildman–Crippen LogP) is 3.25. The van der Waals surface area contributed by atoms with Crippen LogP contribution in [-0.2, 0) is 27.5 Å². The molecular formula is C21H22N2O4S. The van der Waals surface area contributed by atoms with E-state index in [0.29, 0.717) is 23.6 Å². The van der Waals surface area contributed by atoms with Crippen LogP contribution in [0.25, 0.3) is 0 Å². The van der Waals surface area contributed by atoms with Crippen molar-refractivity contribution in [3.63, 3.8) is 0 Å². The van der Waals surface area contributed by atoms with Crippen molar-refractivity contribution in [1.82, 2.24) is 0 Å². The second-order valence-electron chi connectivity index (χ2n) is 6.66. The molecule has 0 fully saturated rings. The molecule has 7 heteroatoms. The lowest BCUT2D eigenvalue weighted by Gasteiger charge is -2.12. The number of anilines is 1. The maximum absolute atomic E-state index is 12.6. The van der Waals surface area contributed by atoms with Gasteiger partial charge in [-0.1, -0.05) is 6.07 Å². The van der Waals surface area contributed by atoms with E-state index in [2.05, 4.69) is 5.32 Å². The first-order chi connectivity index (χ1) is 13.4. The number of hydrogen-bond acceptors (Lipinski definition) is 5. The van der Waals surface area contributed by atoms with E-state index in [1.165, 1.54) is 11.6 Å². The molecule has 146 valence electrons. The van der Waals surface area contributed by atoms with E-state index < -0.39 is 15.7 Å². The number of nitriles is 1. The molecular weight excluding hydrogens is 376 g/mol. The molecule has 0 heterocycles. The minimum Gasteiger partial charge on any atom is -0.492 e. The summed E-state index contributed by atoms with van der Waals surface area (Å²) in [7, 11) is -3.55. The van der Waals surface area contributed by atoms with Crippen LogP contribution in [0, 0.1) is 11.3 Å². The summed E-state index contributed by atoms with van der Waals surface area (Å²) in [6.45, 7) is 2.22. The Morgan fingerprint density at radius 3 is 2.71 bits per heavy atom. The van der Waals surface area contributed by atoms with Gasteiger partial charge in [-0.2, -0.15) is 5.26 Å². The van der Waals surface area contributed by atoms with Crippen LogP contribution in [0.5, 0.6) is 5.75 Å². The van der Waals surface area contributed by atoms with E-state index in [1.807, 2.05) is 19.1 Å². The van der Waals surface area contributed by atoms with Crippen LogP contribution in [-0.4, -0.2) is 26.7 Å². The van der Waals surface area contributed by atoms with Gasteiger partial charge in [-0.3, -0.25) is 4.79 Å². The summed E-state index contributed by atoms with van der Waals surface area (Å²) in [4.78, 5) is 12.6. The van der Waals surface area contributed by atoms with Crippen molar-refractivity contribution >= 4 is 21.4 Å². The van der Waals surface area contributed by atoms with Crippen LogP contribution < -0.4 is 10.1 Å². The van der Waals surface area contributed by atoms with E-state index in [1.54, 1.807) is 24.3 Å². The van der Waals surface area contributed by atoms with Crippen molar-refractivity contribution in [3.05, 3.63) is 53.1 Å². The molecule has 0 saturated carbocycles. The van der Waals surface area contributed by atoms with Crippen LogP contribution >= 0.6 is 0 Å². The Kier molecular flexibility index (Phi) is 6.00. The van der Waals surface area contributed by atoms with Gasteiger partial charge in [0.15, 0.2) is 9.84 Å². The monoisotopic (exact) mass is 398 g/mol. The molecule has 0 aliphatic heterocycles. The molecule has 0 aromatic heterocycles. The number of rotatable bonds is 7. The van der Waals surface area contributed by atoms with E-state index in [9.17, 15) is 13.2 Å². The second kappa shape index (κ2) is 8.44. The number of nitrogens with zero attached hydrogens (tertiary/aromatic N) is 1. The van der Waals surface area contributed by atoms with Gasteiger partial charge in [0.05, 0.1) is 34.6 Å². The third-order valence-electron chi connectivity index (χ3n) is 4.71. The summed E-state index contributed by atoms with van der Waals surface area (Å²) in [5, 5.41) is 11.7.